The normalized spacial score (nSPS) is 12.6. The number of amides is 1. The number of thioether (sulfide) groups is 1. The van der Waals surface area contributed by atoms with Crippen molar-refractivity contribution in [1.29, 1.82) is 0 Å². The Labute approximate surface area is 170 Å². The van der Waals surface area contributed by atoms with Gasteiger partial charge in [0.15, 0.2) is 5.82 Å². The molecule has 0 aliphatic rings. The van der Waals surface area contributed by atoms with Gasteiger partial charge in [0, 0.05) is 23.4 Å². The Morgan fingerprint density at radius 2 is 1.86 bits per heavy atom. The second-order valence-electron chi connectivity index (χ2n) is 7.69. The third-order valence-corrected chi connectivity index (χ3v) is 5.52. The second kappa shape index (κ2) is 8.61. The Kier molecular flexibility index (Phi) is 6.19. The molecule has 0 radical (unpaired) electrons. The van der Waals surface area contributed by atoms with Gasteiger partial charge in [-0.2, -0.15) is 9.78 Å². The van der Waals surface area contributed by atoms with Crippen molar-refractivity contribution in [3.63, 3.8) is 0 Å². The van der Waals surface area contributed by atoms with Crippen LogP contribution in [0.4, 0.5) is 5.82 Å². The predicted molar refractivity (Wildman–Crippen MR) is 116 cm³/mol. The zero-order valence-corrected chi connectivity index (χ0v) is 17.5. The van der Waals surface area contributed by atoms with E-state index in [1.54, 1.807) is 22.6 Å². The molecule has 146 valence electrons. The monoisotopic (exact) mass is 394 g/mol. The zero-order chi connectivity index (χ0) is 20.1. The first-order valence-electron chi connectivity index (χ1n) is 9.33. The highest BCUT2D eigenvalue weighted by Crippen LogP contribution is 2.26. The zero-order valence-electron chi connectivity index (χ0n) is 16.7. The van der Waals surface area contributed by atoms with E-state index in [0.717, 1.165) is 11.4 Å². The number of carbonyl (C=O) groups is 1. The van der Waals surface area contributed by atoms with E-state index in [9.17, 15) is 4.79 Å². The predicted octanol–water partition coefficient (Wildman–Crippen LogP) is 4.83. The van der Waals surface area contributed by atoms with Crippen LogP contribution in [-0.2, 0) is 16.0 Å². The van der Waals surface area contributed by atoms with Crippen LogP contribution < -0.4 is 5.32 Å². The molecule has 2 heterocycles. The molecule has 1 atom stereocenters. The van der Waals surface area contributed by atoms with Gasteiger partial charge in [-0.15, -0.1) is 11.8 Å². The Hall–Kier alpha value is -2.60. The number of pyridine rings is 1. The van der Waals surface area contributed by atoms with E-state index < -0.39 is 0 Å². The number of hydrogen-bond acceptors (Lipinski definition) is 4. The van der Waals surface area contributed by atoms with Crippen LogP contribution in [0.15, 0.2) is 60.8 Å². The second-order valence-corrected chi connectivity index (χ2v) is 9.02. The summed E-state index contributed by atoms with van der Waals surface area (Å²) in [7, 11) is 0. The molecule has 1 aromatic carbocycles. The van der Waals surface area contributed by atoms with Crippen LogP contribution in [0.3, 0.4) is 0 Å². The van der Waals surface area contributed by atoms with Gasteiger partial charge in [0.25, 0.3) is 0 Å². The fraction of sp³-hybridized carbons (Fsp3) is 0.318. The van der Waals surface area contributed by atoms with Gasteiger partial charge in [-0.3, -0.25) is 4.79 Å². The minimum Gasteiger partial charge on any atom is -0.310 e. The summed E-state index contributed by atoms with van der Waals surface area (Å²) in [6.45, 7) is 8.22. The van der Waals surface area contributed by atoms with Crippen molar-refractivity contribution < 1.29 is 4.79 Å². The molecule has 3 rings (SSSR count). The lowest BCUT2D eigenvalue weighted by Gasteiger charge is -2.13. The Morgan fingerprint density at radius 1 is 1.14 bits per heavy atom. The van der Waals surface area contributed by atoms with Crippen LogP contribution in [0.25, 0.3) is 5.82 Å². The van der Waals surface area contributed by atoms with Gasteiger partial charge in [-0.25, -0.2) is 4.98 Å². The van der Waals surface area contributed by atoms with E-state index in [1.165, 1.54) is 5.56 Å². The molecule has 0 bridgehead atoms. The topological polar surface area (TPSA) is 59.8 Å². The first kappa shape index (κ1) is 20.1. The summed E-state index contributed by atoms with van der Waals surface area (Å²) in [6, 6.07) is 17.7. The first-order chi connectivity index (χ1) is 13.3. The molecule has 1 amide bonds. The highest BCUT2D eigenvalue weighted by atomic mass is 32.2. The molecule has 3 aromatic rings. The van der Waals surface area contributed by atoms with E-state index in [0.29, 0.717) is 11.6 Å². The van der Waals surface area contributed by atoms with Gasteiger partial charge in [-0.05, 0) is 24.6 Å². The summed E-state index contributed by atoms with van der Waals surface area (Å²) in [5, 5.41) is 7.54. The third kappa shape index (κ3) is 5.01. The fourth-order valence-corrected chi connectivity index (χ4v) is 3.43. The smallest absolute Gasteiger partial charge is 0.238 e. The number of carbonyl (C=O) groups excluding carboxylic acids is 1. The fourth-order valence-electron chi connectivity index (χ4n) is 2.59. The average Bonchev–Trinajstić information content (AvgIpc) is 3.12. The van der Waals surface area contributed by atoms with Crippen molar-refractivity contribution in [2.24, 2.45) is 0 Å². The maximum atomic E-state index is 12.8. The lowest BCUT2D eigenvalue weighted by molar-refractivity contribution is -0.115. The number of nitrogens with zero attached hydrogens (tertiary/aromatic N) is 3. The van der Waals surface area contributed by atoms with Gasteiger partial charge in [0.05, 0.1) is 10.9 Å². The van der Waals surface area contributed by atoms with Gasteiger partial charge in [-0.1, -0.05) is 57.2 Å². The van der Waals surface area contributed by atoms with Gasteiger partial charge >= 0.3 is 0 Å². The Balaban J connectivity index is 1.76. The molecular formula is C22H26N4OS. The Bertz CT molecular complexity index is 917. The molecule has 0 aliphatic heterocycles. The molecule has 1 N–H and O–H groups in total. The SMILES string of the molecule is CC(SCc1ccccc1)C(=O)Nc1cc(C(C)(C)C)nn1-c1ccccn1. The summed E-state index contributed by atoms with van der Waals surface area (Å²) in [5.74, 6) is 2.07. The largest absolute Gasteiger partial charge is 0.310 e. The third-order valence-electron chi connectivity index (χ3n) is 4.31. The summed E-state index contributed by atoms with van der Waals surface area (Å²) in [5.41, 5.74) is 1.98. The first-order valence-corrected chi connectivity index (χ1v) is 10.4. The molecule has 0 saturated carbocycles. The number of anilines is 1. The summed E-state index contributed by atoms with van der Waals surface area (Å²) >= 11 is 1.61. The Morgan fingerprint density at radius 3 is 2.50 bits per heavy atom. The molecule has 0 fully saturated rings. The van der Waals surface area contributed by atoms with E-state index in [2.05, 4.69) is 43.2 Å². The van der Waals surface area contributed by atoms with Crippen LogP contribution in [0.2, 0.25) is 0 Å². The number of benzene rings is 1. The van der Waals surface area contributed by atoms with Crippen molar-refractivity contribution in [1.82, 2.24) is 14.8 Å². The van der Waals surface area contributed by atoms with Crippen molar-refractivity contribution in [3.05, 3.63) is 72.1 Å². The van der Waals surface area contributed by atoms with E-state index in [4.69, 9.17) is 5.10 Å². The highest BCUT2D eigenvalue weighted by molar-refractivity contribution is 7.99. The lowest BCUT2D eigenvalue weighted by Crippen LogP contribution is -2.24. The summed E-state index contributed by atoms with van der Waals surface area (Å²) in [6.07, 6.45) is 1.72. The van der Waals surface area contributed by atoms with Crippen molar-refractivity contribution in [2.45, 2.75) is 44.1 Å². The standard InChI is InChI=1S/C22H26N4OS/c1-16(28-15-17-10-6-5-7-11-17)21(27)24-20-14-18(22(2,3)4)25-26(20)19-12-8-9-13-23-19/h5-14,16H,15H2,1-4H3,(H,24,27). The molecule has 1 unspecified atom stereocenters. The number of nitrogens with one attached hydrogen (secondary N) is 1. The minimum absolute atomic E-state index is 0.0431. The van der Waals surface area contributed by atoms with E-state index in [1.807, 2.05) is 49.4 Å². The minimum atomic E-state index is -0.189. The molecule has 0 aliphatic carbocycles. The maximum absolute atomic E-state index is 12.8. The molecule has 2 aromatic heterocycles. The highest BCUT2D eigenvalue weighted by Gasteiger charge is 2.23. The number of aromatic nitrogens is 3. The van der Waals surface area contributed by atoms with Crippen LogP contribution in [0.5, 0.6) is 0 Å². The van der Waals surface area contributed by atoms with Gasteiger partial charge < -0.3 is 5.32 Å². The van der Waals surface area contributed by atoms with Crippen LogP contribution in [0.1, 0.15) is 39.0 Å². The van der Waals surface area contributed by atoms with E-state index in [-0.39, 0.29) is 16.6 Å². The van der Waals surface area contributed by atoms with Crippen molar-refractivity contribution in [3.8, 4) is 5.82 Å². The van der Waals surface area contributed by atoms with Gasteiger partial charge in [0.1, 0.15) is 5.82 Å². The summed E-state index contributed by atoms with van der Waals surface area (Å²) < 4.78 is 1.70. The quantitative estimate of drug-likeness (QED) is 0.651. The van der Waals surface area contributed by atoms with Gasteiger partial charge in [0.2, 0.25) is 5.91 Å². The van der Waals surface area contributed by atoms with E-state index >= 15 is 0 Å². The lowest BCUT2D eigenvalue weighted by atomic mass is 9.92. The van der Waals surface area contributed by atoms with Crippen LogP contribution in [0, 0.1) is 0 Å². The summed E-state index contributed by atoms with van der Waals surface area (Å²) in [4.78, 5) is 17.2. The molecule has 5 nitrogen and oxygen atoms in total. The maximum Gasteiger partial charge on any atom is 0.238 e. The molecule has 6 heteroatoms. The molecule has 0 spiro atoms. The average molecular weight is 395 g/mol. The molecule has 0 saturated heterocycles. The van der Waals surface area contributed by atoms with Crippen LogP contribution >= 0.6 is 11.8 Å². The van der Waals surface area contributed by atoms with Crippen molar-refractivity contribution >= 4 is 23.5 Å². The molecule has 28 heavy (non-hydrogen) atoms. The number of rotatable bonds is 6. The molecular weight excluding hydrogens is 368 g/mol. The number of hydrogen-bond donors (Lipinski definition) is 1. The van der Waals surface area contributed by atoms with Crippen molar-refractivity contribution in [2.75, 3.05) is 5.32 Å². The van der Waals surface area contributed by atoms with Crippen LogP contribution in [-0.4, -0.2) is 25.9 Å².